The van der Waals surface area contributed by atoms with Gasteiger partial charge in [0.2, 0.25) is 5.91 Å². The number of nitrogens with one attached hydrogen (secondary N) is 3. The summed E-state index contributed by atoms with van der Waals surface area (Å²) in [6.45, 7) is 6.10. The van der Waals surface area contributed by atoms with E-state index in [2.05, 4.69) is 71.2 Å². The Morgan fingerprint density at radius 2 is 1.69 bits per heavy atom. The van der Waals surface area contributed by atoms with E-state index in [-0.39, 0.29) is 32.2 Å². The fraction of sp³-hybridized carbons (Fsp3) is 0.238. The third-order valence-corrected chi connectivity index (χ3v) is 9.94. The quantitative estimate of drug-likeness (QED) is 0.0878. The molecular weight excluding hydrogens is 706 g/mol. The normalized spacial score (nSPS) is 13.5. The van der Waals surface area contributed by atoms with Crippen molar-refractivity contribution >= 4 is 29.2 Å². The number of aliphatic carboxylic acids is 1. The van der Waals surface area contributed by atoms with Crippen LogP contribution in [0.3, 0.4) is 0 Å². The van der Waals surface area contributed by atoms with Gasteiger partial charge < -0.3 is 30.3 Å². The highest BCUT2D eigenvalue weighted by molar-refractivity contribution is 6.32. The van der Waals surface area contributed by atoms with Gasteiger partial charge >= 0.3 is 5.97 Å². The first-order valence-electron chi connectivity index (χ1n) is 17.3. The lowest BCUT2D eigenvalue weighted by Crippen LogP contribution is -2.52. The Morgan fingerprint density at radius 3 is 2.44 bits per heavy atom. The average molecular weight is 746 g/mol. The van der Waals surface area contributed by atoms with E-state index in [1.807, 2.05) is 24.3 Å². The number of aliphatic hydroxyl groups excluding tert-OH is 1. The van der Waals surface area contributed by atoms with Crippen LogP contribution in [0.2, 0.25) is 5.02 Å². The van der Waals surface area contributed by atoms with Crippen molar-refractivity contribution in [2.75, 3.05) is 18.5 Å². The highest BCUT2D eigenvalue weighted by Gasteiger charge is 2.32. The first-order chi connectivity index (χ1) is 26.0. The van der Waals surface area contributed by atoms with E-state index in [0.29, 0.717) is 39.8 Å². The maximum absolute atomic E-state index is 12.2. The lowest BCUT2D eigenvalue weighted by molar-refractivity contribution is -0.145. The van der Waals surface area contributed by atoms with Gasteiger partial charge in [0.1, 0.15) is 36.3 Å². The number of hydrogen-bond acceptors (Lipinski definition) is 9. The summed E-state index contributed by atoms with van der Waals surface area (Å²) >= 11 is 6.75. The Balaban J connectivity index is 1.26. The monoisotopic (exact) mass is 745 g/mol. The summed E-state index contributed by atoms with van der Waals surface area (Å²) in [7, 11) is 0. The Hall–Kier alpha value is -5.77. The molecule has 5 N–H and O–H groups in total. The molecule has 276 valence electrons. The number of aromatic nitrogens is 1. The van der Waals surface area contributed by atoms with Crippen molar-refractivity contribution in [3.8, 4) is 39.8 Å². The van der Waals surface area contributed by atoms with Gasteiger partial charge in [-0.25, -0.2) is 0 Å². The second-order valence-corrected chi connectivity index (χ2v) is 13.8. The number of anilines is 1. The number of carbonyl (C=O) groups excluding carboxylic acids is 1. The van der Waals surface area contributed by atoms with Crippen molar-refractivity contribution in [2.24, 2.45) is 0 Å². The van der Waals surface area contributed by atoms with Crippen LogP contribution >= 0.6 is 11.6 Å². The average Bonchev–Trinajstić information content (AvgIpc) is 3.36. The molecule has 0 saturated carbocycles. The first kappa shape index (κ1) is 38.0. The summed E-state index contributed by atoms with van der Waals surface area (Å²) in [6.07, 6.45) is 3.05. The van der Waals surface area contributed by atoms with Crippen LogP contribution in [0.4, 0.5) is 5.69 Å². The van der Waals surface area contributed by atoms with Crippen LogP contribution in [-0.2, 0) is 35.9 Å². The minimum Gasteiger partial charge on any atom is -0.488 e. The maximum Gasteiger partial charge on any atom is 0.326 e. The number of carboxylic acids is 1. The predicted octanol–water partition coefficient (Wildman–Crippen LogP) is 6.68. The fourth-order valence-electron chi connectivity index (χ4n) is 6.28. The summed E-state index contributed by atoms with van der Waals surface area (Å²) < 4.78 is 12.5. The number of rotatable bonds is 13. The zero-order valence-corrected chi connectivity index (χ0v) is 30.9. The number of hydrogen-bond donors (Lipinski definition) is 5. The number of fused-ring (bicyclic) bond motifs is 1. The number of pyridine rings is 1. The minimum atomic E-state index is -1.60. The Labute approximate surface area is 318 Å². The van der Waals surface area contributed by atoms with Crippen molar-refractivity contribution in [2.45, 2.75) is 52.6 Å². The summed E-state index contributed by atoms with van der Waals surface area (Å²) in [5, 5.41) is 38.1. The molecule has 1 aliphatic heterocycles. The number of carbonyl (C=O) groups is 2. The second kappa shape index (κ2) is 16.5. The second-order valence-electron chi connectivity index (χ2n) is 13.4. The predicted molar refractivity (Wildman–Crippen MR) is 206 cm³/mol. The Morgan fingerprint density at radius 1 is 0.944 bits per heavy atom. The number of nitriles is 1. The number of carboxylic acid groups (broad SMARTS) is 1. The van der Waals surface area contributed by atoms with E-state index < -0.39 is 18.1 Å². The Kier molecular flexibility index (Phi) is 11.6. The summed E-state index contributed by atoms with van der Waals surface area (Å²) in [5.74, 6) is -0.540. The first-order valence-corrected chi connectivity index (χ1v) is 17.7. The third-order valence-electron chi connectivity index (χ3n) is 9.64. The van der Waals surface area contributed by atoms with Crippen LogP contribution in [0.5, 0.6) is 11.5 Å². The van der Waals surface area contributed by atoms with E-state index in [9.17, 15) is 25.1 Å². The minimum absolute atomic E-state index is 0.0199. The van der Waals surface area contributed by atoms with Crippen molar-refractivity contribution in [3.63, 3.8) is 0 Å². The molecule has 1 amide bonds. The smallest absolute Gasteiger partial charge is 0.326 e. The number of ether oxygens (including phenoxy) is 2. The molecule has 0 aliphatic carbocycles. The Bertz CT molecular complexity index is 2270. The van der Waals surface area contributed by atoms with Gasteiger partial charge in [0, 0.05) is 48.4 Å². The maximum atomic E-state index is 12.2. The lowest BCUT2D eigenvalue weighted by Gasteiger charge is -2.25. The van der Waals surface area contributed by atoms with E-state index in [1.165, 1.54) is 13.1 Å². The van der Waals surface area contributed by atoms with E-state index in [0.717, 1.165) is 50.2 Å². The molecule has 1 aliphatic rings. The number of aliphatic hydroxyl groups is 1. The standard InChI is InChI=1S/C42H40ClN5O6/c1-25-31(6-4-8-34(25)35-9-5-7-33(26(35)2)29-10-11-30-19-46-21-40(50)48-37(30)14-29)23-54-39-15-38(53-22-28-12-27(16-44)17-45-18-28)32(13-36(39)43)20-47-42(3,24-49)41(51)52/h4-15,17-18,46-47,49H,19-24H2,1-3H3,(H,48,50)(H,51,52)/t42-/m0/s1. The van der Waals surface area contributed by atoms with Crippen LogP contribution in [-0.4, -0.2) is 45.8 Å². The molecule has 4 aromatic carbocycles. The molecule has 0 spiro atoms. The van der Waals surface area contributed by atoms with Gasteiger partial charge in [0.15, 0.2) is 0 Å². The largest absolute Gasteiger partial charge is 0.488 e. The van der Waals surface area contributed by atoms with Gasteiger partial charge in [-0.3, -0.25) is 19.9 Å². The van der Waals surface area contributed by atoms with Gasteiger partial charge in [-0.1, -0.05) is 60.1 Å². The molecule has 0 saturated heterocycles. The van der Waals surface area contributed by atoms with Crippen LogP contribution in [0.1, 0.15) is 45.9 Å². The highest BCUT2D eigenvalue weighted by atomic mass is 35.5. The summed E-state index contributed by atoms with van der Waals surface area (Å²) in [6, 6.07) is 25.5. The molecule has 0 radical (unpaired) electrons. The van der Waals surface area contributed by atoms with Crippen LogP contribution in [0, 0.1) is 25.2 Å². The highest BCUT2D eigenvalue weighted by Crippen LogP contribution is 2.38. The van der Waals surface area contributed by atoms with Crippen LogP contribution < -0.4 is 25.4 Å². The van der Waals surface area contributed by atoms with E-state index in [1.54, 1.807) is 24.4 Å². The van der Waals surface area contributed by atoms with Gasteiger partial charge in [-0.15, -0.1) is 0 Å². The topological polar surface area (TPSA) is 166 Å². The lowest BCUT2D eigenvalue weighted by atomic mass is 9.89. The zero-order valence-electron chi connectivity index (χ0n) is 30.1. The van der Waals surface area contributed by atoms with E-state index in [4.69, 9.17) is 21.1 Å². The molecule has 0 fully saturated rings. The number of nitrogens with zero attached hydrogens (tertiary/aromatic N) is 2. The molecule has 1 atom stereocenters. The van der Waals surface area contributed by atoms with E-state index >= 15 is 0 Å². The molecule has 6 rings (SSSR count). The van der Waals surface area contributed by atoms with Crippen LogP contribution in [0.15, 0.2) is 85.2 Å². The van der Waals surface area contributed by atoms with Crippen molar-refractivity contribution in [1.82, 2.24) is 15.6 Å². The molecule has 11 nitrogen and oxygen atoms in total. The van der Waals surface area contributed by atoms with Gasteiger partial charge in [-0.05, 0) is 83.5 Å². The zero-order chi connectivity index (χ0) is 38.4. The van der Waals surface area contributed by atoms with Gasteiger partial charge in [0.25, 0.3) is 0 Å². The molecule has 5 aromatic rings. The van der Waals surface area contributed by atoms with Crippen molar-refractivity contribution in [1.29, 1.82) is 5.26 Å². The van der Waals surface area contributed by atoms with Crippen molar-refractivity contribution in [3.05, 3.63) is 129 Å². The molecule has 1 aromatic heterocycles. The molecule has 12 heteroatoms. The molecule has 2 heterocycles. The molecular formula is C42H40ClN5O6. The number of benzene rings is 4. The van der Waals surface area contributed by atoms with Gasteiger partial charge in [-0.2, -0.15) is 5.26 Å². The van der Waals surface area contributed by atoms with Crippen LogP contribution in [0.25, 0.3) is 22.3 Å². The summed E-state index contributed by atoms with van der Waals surface area (Å²) in [4.78, 5) is 28.2. The molecule has 0 unspecified atom stereocenters. The van der Waals surface area contributed by atoms with Gasteiger partial charge in [0.05, 0.1) is 23.7 Å². The summed E-state index contributed by atoms with van der Waals surface area (Å²) in [5.41, 5.74) is 9.13. The number of halogens is 1. The van der Waals surface area contributed by atoms with Crippen molar-refractivity contribution < 1.29 is 29.3 Å². The number of amides is 1. The fourth-order valence-corrected chi connectivity index (χ4v) is 6.52. The third kappa shape index (κ3) is 8.38. The molecule has 54 heavy (non-hydrogen) atoms. The SMILES string of the molecule is Cc1c(COc2cc(OCc3cncc(C#N)c3)c(CN[C@@](C)(CO)C(=O)O)cc2Cl)cccc1-c1cccc(-c2ccc3c(c2)NC(=O)CNC3)c1C. The molecule has 0 bridgehead atoms.